The summed E-state index contributed by atoms with van der Waals surface area (Å²) in [5.41, 5.74) is 0. The second kappa shape index (κ2) is 11.6. The highest BCUT2D eigenvalue weighted by molar-refractivity contribution is 4.94. The molecular formula is C18H32O16. The van der Waals surface area contributed by atoms with E-state index in [-0.39, 0.29) is 0 Å². The molecule has 0 aliphatic carbocycles. The summed E-state index contributed by atoms with van der Waals surface area (Å²) in [7, 11) is 0. The minimum absolute atomic E-state index is 0.609. The monoisotopic (exact) mass is 504 g/mol. The van der Waals surface area contributed by atoms with Gasteiger partial charge in [-0.3, -0.25) is 0 Å². The molecule has 15 atom stereocenters. The van der Waals surface area contributed by atoms with E-state index in [2.05, 4.69) is 0 Å². The molecule has 0 radical (unpaired) electrons. The van der Waals surface area contributed by atoms with Gasteiger partial charge in [0.1, 0.15) is 73.2 Å². The van der Waals surface area contributed by atoms with Crippen LogP contribution in [0.2, 0.25) is 0 Å². The Morgan fingerprint density at radius 3 is 1.59 bits per heavy atom. The van der Waals surface area contributed by atoms with Crippen molar-refractivity contribution in [3.05, 3.63) is 0 Å². The quantitative estimate of drug-likeness (QED) is 0.154. The molecule has 34 heavy (non-hydrogen) atoms. The van der Waals surface area contributed by atoms with E-state index in [0.717, 1.165) is 0 Å². The van der Waals surface area contributed by atoms with Crippen LogP contribution >= 0.6 is 0 Å². The molecule has 0 aromatic carbocycles. The van der Waals surface area contributed by atoms with E-state index in [9.17, 15) is 56.2 Å². The van der Waals surface area contributed by atoms with Gasteiger partial charge in [0.25, 0.3) is 0 Å². The van der Waals surface area contributed by atoms with Crippen LogP contribution in [0.25, 0.3) is 0 Å². The highest BCUT2D eigenvalue weighted by Gasteiger charge is 2.51. The van der Waals surface area contributed by atoms with E-state index in [4.69, 9.17) is 23.7 Å². The topological polar surface area (TPSA) is 269 Å². The van der Waals surface area contributed by atoms with E-state index in [0.29, 0.717) is 0 Å². The van der Waals surface area contributed by atoms with Gasteiger partial charge in [0.05, 0.1) is 19.8 Å². The van der Waals surface area contributed by atoms with Crippen LogP contribution in [0.4, 0.5) is 0 Å². The lowest BCUT2D eigenvalue weighted by atomic mass is 9.97. The molecule has 3 fully saturated rings. The van der Waals surface area contributed by atoms with Gasteiger partial charge in [-0.05, 0) is 0 Å². The van der Waals surface area contributed by atoms with Gasteiger partial charge < -0.3 is 79.9 Å². The van der Waals surface area contributed by atoms with E-state index in [1.54, 1.807) is 0 Å². The summed E-state index contributed by atoms with van der Waals surface area (Å²) in [5.74, 6) is 0. The fraction of sp³-hybridized carbons (Fsp3) is 1.00. The van der Waals surface area contributed by atoms with Crippen molar-refractivity contribution in [1.82, 2.24) is 0 Å². The normalized spacial score (nSPS) is 52.5. The first-order valence-corrected chi connectivity index (χ1v) is 10.6. The van der Waals surface area contributed by atoms with Crippen LogP contribution in [-0.2, 0) is 23.7 Å². The number of hydrogen-bond acceptors (Lipinski definition) is 16. The van der Waals surface area contributed by atoms with Crippen molar-refractivity contribution in [3.8, 4) is 0 Å². The van der Waals surface area contributed by atoms with Gasteiger partial charge in [-0.15, -0.1) is 0 Å². The number of rotatable bonds is 7. The zero-order valence-electron chi connectivity index (χ0n) is 17.7. The maximum absolute atomic E-state index is 10.5. The Balaban J connectivity index is 1.74. The Kier molecular flexibility index (Phi) is 9.54. The standard InChI is InChI=1S/C18H32O16/c19-1-4-7(21)11(25)14(28)17(32-4)34-15-12(26)8(22)5(2-20)33-18(15)30-3-6-9(23)10(24)13(27)16(29)31-6/h4-29H,1-3H2/t4-,5-,6-,7-,8-,9-,10+,11+,12+,13-,14+,15+,16?,17-,18+/m1/s1. The summed E-state index contributed by atoms with van der Waals surface area (Å²) >= 11 is 0. The van der Waals surface area contributed by atoms with Crippen molar-refractivity contribution in [2.45, 2.75) is 92.1 Å². The molecule has 0 aromatic rings. The SMILES string of the molecule is OC[C@H]1O[C@H](O[C@@H]2[C@@H](OC[C@H]3OC(O)[C@H](O)[C@@H](O)[C@@H]3O)O[C@H](CO)[C@@H](O)[C@@H]2O)[C@@H](O)[C@@H](O)[C@@H]1O. The van der Waals surface area contributed by atoms with Crippen molar-refractivity contribution < 1.29 is 79.9 Å². The lowest BCUT2D eigenvalue weighted by Crippen LogP contribution is -2.65. The first kappa shape index (κ1) is 27.9. The van der Waals surface area contributed by atoms with Crippen LogP contribution in [0.3, 0.4) is 0 Å². The van der Waals surface area contributed by atoms with Gasteiger partial charge >= 0.3 is 0 Å². The third-order valence-corrected chi connectivity index (χ3v) is 6.08. The van der Waals surface area contributed by atoms with Crippen molar-refractivity contribution in [2.75, 3.05) is 19.8 Å². The average molecular weight is 504 g/mol. The molecule has 0 saturated carbocycles. The highest BCUT2D eigenvalue weighted by Crippen LogP contribution is 2.30. The Labute approximate surface area is 192 Å². The molecule has 3 aliphatic heterocycles. The summed E-state index contributed by atoms with van der Waals surface area (Å²) in [4.78, 5) is 0. The van der Waals surface area contributed by atoms with E-state index >= 15 is 0 Å². The highest BCUT2D eigenvalue weighted by atomic mass is 16.8. The Morgan fingerprint density at radius 1 is 0.500 bits per heavy atom. The minimum atomic E-state index is -1.85. The Hall–Kier alpha value is -0.640. The van der Waals surface area contributed by atoms with Crippen molar-refractivity contribution in [2.24, 2.45) is 0 Å². The molecule has 0 bridgehead atoms. The summed E-state index contributed by atoms with van der Waals surface area (Å²) in [6, 6.07) is 0. The molecule has 0 aromatic heterocycles. The first-order chi connectivity index (χ1) is 16.0. The molecule has 0 amide bonds. The smallest absolute Gasteiger partial charge is 0.187 e. The molecule has 3 heterocycles. The lowest BCUT2D eigenvalue weighted by Gasteiger charge is -2.46. The molecule has 11 N–H and O–H groups in total. The predicted octanol–water partition coefficient (Wildman–Crippen LogP) is -7.57. The molecule has 3 aliphatic rings. The second-order valence-corrected chi connectivity index (χ2v) is 8.37. The maximum atomic E-state index is 10.5. The van der Waals surface area contributed by atoms with Crippen LogP contribution in [-0.4, -0.2) is 168 Å². The maximum Gasteiger partial charge on any atom is 0.187 e. The number of ether oxygens (including phenoxy) is 5. The lowest BCUT2D eigenvalue weighted by molar-refractivity contribution is -0.372. The van der Waals surface area contributed by atoms with Gasteiger partial charge in [-0.1, -0.05) is 0 Å². The van der Waals surface area contributed by atoms with Crippen molar-refractivity contribution in [3.63, 3.8) is 0 Å². The van der Waals surface area contributed by atoms with E-state index in [1.165, 1.54) is 0 Å². The van der Waals surface area contributed by atoms with Gasteiger partial charge in [0.2, 0.25) is 0 Å². The van der Waals surface area contributed by atoms with E-state index in [1.807, 2.05) is 0 Å². The molecule has 3 rings (SSSR count). The van der Waals surface area contributed by atoms with Crippen LogP contribution in [0.15, 0.2) is 0 Å². The largest absolute Gasteiger partial charge is 0.394 e. The number of aliphatic hydroxyl groups excluding tert-OH is 11. The van der Waals surface area contributed by atoms with Crippen molar-refractivity contribution >= 4 is 0 Å². The Bertz CT molecular complexity index is 639. The summed E-state index contributed by atoms with van der Waals surface area (Å²) in [6.45, 7) is -2.11. The van der Waals surface area contributed by atoms with Crippen LogP contribution in [0, 0.1) is 0 Å². The zero-order valence-corrected chi connectivity index (χ0v) is 17.7. The third-order valence-electron chi connectivity index (χ3n) is 6.08. The molecule has 1 unspecified atom stereocenters. The third kappa shape index (κ3) is 5.52. The fourth-order valence-electron chi connectivity index (χ4n) is 3.93. The fourth-order valence-corrected chi connectivity index (χ4v) is 3.93. The number of aliphatic hydroxyl groups is 11. The molecule has 200 valence electrons. The van der Waals surface area contributed by atoms with Gasteiger partial charge in [-0.25, -0.2) is 0 Å². The molecular weight excluding hydrogens is 472 g/mol. The second-order valence-electron chi connectivity index (χ2n) is 8.37. The van der Waals surface area contributed by atoms with Crippen molar-refractivity contribution in [1.29, 1.82) is 0 Å². The Morgan fingerprint density at radius 2 is 1.00 bits per heavy atom. The predicted molar refractivity (Wildman–Crippen MR) is 101 cm³/mol. The van der Waals surface area contributed by atoms with Gasteiger partial charge in [-0.2, -0.15) is 0 Å². The van der Waals surface area contributed by atoms with Crippen LogP contribution in [0.5, 0.6) is 0 Å². The zero-order chi connectivity index (χ0) is 25.3. The van der Waals surface area contributed by atoms with Crippen LogP contribution < -0.4 is 0 Å². The molecule has 16 heteroatoms. The van der Waals surface area contributed by atoms with Crippen LogP contribution in [0.1, 0.15) is 0 Å². The summed E-state index contributed by atoms with van der Waals surface area (Å²) in [5, 5.41) is 109. The first-order valence-electron chi connectivity index (χ1n) is 10.6. The number of hydrogen-bond donors (Lipinski definition) is 11. The van der Waals surface area contributed by atoms with Gasteiger partial charge in [0, 0.05) is 0 Å². The summed E-state index contributed by atoms with van der Waals surface area (Å²) < 4.78 is 26.5. The molecule has 16 nitrogen and oxygen atoms in total. The molecule has 3 saturated heterocycles. The van der Waals surface area contributed by atoms with E-state index < -0.39 is 112 Å². The molecule has 0 spiro atoms. The average Bonchev–Trinajstić information content (AvgIpc) is 2.82. The minimum Gasteiger partial charge on any atom is -0.394 e. The van der Waals surface area contributed by atoms with Gasteiger partial charge in [0.15, 0.2) is 18.9 Å². The summed E-state index contributed by atoms with van der Waals surface area (Å²) in [6.07, 6.45) is -25.0.